The molecule has 126 valence electrons. The zero-order valence-electron chi connectivity index (χ0n) is 12.6. The highest BCUT2D eigenvalue weighted by Gasteiger charge is 2.12. The van der Waals surface area contributed by atoms with Gasteiger partial charge in [0, 0.05) is 37.0 Å². The van der Waals surface area contributed by atoms with Crippen LogP contribution >= 0.6 is 22.9 Å². The van der Waals surface area contributed by atoms with Crippen LogP contribution in [0, 0.1) is 0 Å². The third-order valence-electron chi connectivity index (χ3n) is 2.97. The van der Waals surface area contributed by atoms with Gasteiger partial charge in [0.05, 0.1) is 11.4 Å². The Labute approximate surface area is 144 Å². The summed E-state index contributed by atoms with van der Waals surface area (Å²) < 4.78 is 32.1. The van der Waals surface area contributed by atoms with Crippen LogP contribution in [0.15, 0.2) is 35.4 Å². The van der Waals surface area contributed by atoms with Crippen LogP contribution in [-0.4, -0.2) is 33.7 Å². The third-order valence-corrected chi connectivity index (χ3v) is 5.57. The van der Waals surface area contributed by atoms with E-state index < -0.39 is 10.0 Å². The Bertz CT molecular complexity index is 717. The molecule has 1 aromatic carbocycles. The lowest BCUT2D eigenvalue weighted by Gasteiger charge is -2.08. The van der Waals surface area contributed by atoms with Gasteiger partial charge in [-0.25, -0.2) is 18.1 Å². The average Bonchev–Trinajstić information content (AvgIpc) is 2.96. The fourth-order valence-corrected chi connectivity index (χ4v) is 3.80. The minimum Gasteiger partial charge on any atom is -0.385 e. The standard InChI is InChI=1S/C14H18ClN3O3S2/c1-21-8-2-7-18-23(19,20)13-5-3-11(4-6-13)16-9-12-10-17-14(15)22-12/h3-6,10,16,18H,2,7-9H2,1H3. The van der Waals surface area contributed by atoms with E-state index in [9.17, 15) is 8.42 Å². The molecule has 2 N–H and O–H groups in total. The van der Waals surface area contributed by atoms with Crippen LogP contribution < -0.4 is 10.0 Å². The van der Waals surface area contributed by atoms with Gasteiger partial charge in [-0.15, -0.1) is 11.3 Å². The predicted octanol–water partition coefficient (Wildman–Crippen LogP) is 2.72. The molecule has 2 rings (SSSR count). The van der Waals surface area contributed by atoms with Gasteiger partial charge in [0.15, 0.2) is 4.47 Å². The highest BCUT2D eigenvalue weighted by atomic mass is 35.5. The van der Waals surface area contributed by atoms with Gasteiger partial charge in [0.1, 0.15) is 0 Å². The summed E-state index contributed by atoms with van der Waals surface area (Å²) in [6.45, 7) is 1.46. The Morgan fingerprint density at radius 3 is 2.65 bits per heavy atom. The lowest BCUT2D eigenvalue weighted by molar-refractivity contribution is 0.196. The van der Waals surface area contributed by atoms with E-state index in [0.717, 1.165) is 10.6 Å². The highest BCUT2D eigenvalue weighted by Crippen LogP contribution is 2.20. The first kappa shape index (κ1) is 18.2. The number of hydrogen-bond acceptors (Lipinski definition) is 6. The SMILES string of the molecule is COCCCNS(=O)(=O)c1ccc(NCc2cnc(Cl)s2)cc1. The summed E-state index contributed by atoms with van der Waals surface area (Å²) in [4.78, 5) is 5.21. The number of anilines is 1. The van der Waals surface area contributed by atoms with Crippen molar-refractivity contribution in [1.29, 1.82) is 0 Å². The minimum absolute atomic E-state index is 0.237. The van der Waals surface area contributed by atoms with Crippen molar-refractivity contribution in [2.75, 3.05) is 25.6 Å². The molecule has 0 aliphatic rings. The van der Waals surface area contributed by atoms with Crippen molar-refractivity contribution in [3.05, 3.63) is 39.8 Å². The van der Waals surface area contributed by atoms with Crippen molar-refractivity contribution >= 4 is 38.6 Å². The number of methoxy groups -OCH3 is 1. The molecule has 0 unspecified atom stereocenters. The number of nitrogens with zero attached hydrogens (tertiary/aromatic N) is 1. The number of ether oxygens (including phenoxy) is 1. The maximum Gasteiger partial charge on any atom is 0.240 e. The van der Waals surface area contributed by atoms with Crippen LogP contribution in [0.4, 0.5) is 5.69 Å². The summed E-state index contributed by atoms with van der Waals surface area (Å²) in [5, 5.41) is 3.19. The van der Waals surface area contributed by atoms with E-state index in [1.807, 2.05) is 0 Å². The van der Waals surface area contributed by atoms with Crippen molar-refractivity contribution < 1.29 is 13.2 Å². The minimum atomic E-state index is -3.48. The summed E-state index contributed by atoms with van der Waals surface area (Å²) in [6, 6.07) is 6.60. The maximum absolute atomic E-state index is 12.1. The first-order valence-electron chi connectivity index (χ1n) is 6.94. The van der Waals surface area contributed by atoms with Crippen molar-refractivity contribution in [3.63, 3.8) is 0 Å². The van der Waals surface area contributed by atoms with Crippen LogP contribution in [-0.2, 0) is 21.3 Å². The Kier molecular flexibility index (Phi) is 6.79. The smallest absolute Gasteiger partial charge is 0.240 e. The first-order valence-corrected chi connectivity index (χ1v) is 9.62. The van der Waals surface area contributed by atoms with E-state index in [1.165, 1.54) is 11.3 Å². The molecule has 0 saturated carbocycles. The molecule has 0 aliphatic carbocycles. The predicted molar refractivity (Wildman–Crippen MR) is 92.6 cm³/mol. The number of rotatable bonds is 9. The zero-order valence-corrected chi connectivity index (χ0v) is 15.0. The second-order valence-corrected chi connectivity index (χ2v) is 8.17. The van der Waals surface area contributed by atoms with Gasteiger partial charge in [-0.2, -0.15) is 0 Å². The Balaban J connectivity index is 1.90. The summed E-state index contributed by atoms with van der Waals surface area (Å²) in [7, 11) is -1.90. The quantitative estimate of drug-likeness (QED) is 0.659. The molecule has 6 nitrogen and oxygen atoms in total. The van der Waals surface area contributed by atoms with Gasteiger partial charge in [-0.05, 0) is 30.7 Å². The van der Waals surface area contributed by atoms with Gasteiger partial charge in [-0.3, -0.25) is 0 Å². The summed E-state index contributed by atoms with van der Waals surface area (Å²) >= 11 is 7.18. The molecule has 0 bridgehead atoms. The lowest BCUT2D eigenvalue weighted by Crippen LogP contribution is -2.25. The van der Waals surface area contributed by atoms with Crippen molar-refractivity contribution in [2.45, 2.75) is 17.9 Å². The highest BCUT2D eigenvalue weighted by molar-refractivity contribution is 7.89. The molecule has 0 atom stereocenters. The lowest BCUT2D eigenvalue weighted by atomic mass is 10.3. The van der Waals surface area contributed by atoms with E-state index in [-0.39, 0.29) is 4.90 Å². The second-order valence-electron chi connectivity index (χ2n) is 4.70. The van der Waals surface area contributed by atoms with Crippen molar-refractivity contribution in [1.82, 2.24) is 9.71 Å². The molecule has 23 heavy (non-hydrogen) atoms. The molecule has 1 aromatic heterocycles. The van der Waals surface area contributed by atoms with Crippen LogP contribution in [0.25, 0.3) is 0 Å². The normalized spacial score (nSPS) is 11.6. The molecule has 0 aliphatic heterocycles. The van der Waals surface area contributed by atoms with Crippen molar-refractivity contribution in [3.8, 4) is 0 Å². The Morgan fingerprint density at radius 1 is 1.30 bits per heavy atom. The van der Waals surface area contributed by atoms with E-state index >= 15 is 0 Å². The molecule has 0 spiro atoms. The number of halogens is 1. The van der Waals surface area contributed by atoms with Gasteiger partial charge < -0.3 is 10.1 Å². The average molecular weight is 376 g/mol. The Morgan fingerprint density at radius 2 is 2.04 bits per heavy atom. The Hall–Kier alpha value is -1.19. The maximum atomic E-state index is 12.1. The van der Waals surface area contributed by atoms with Gasteiger partial charge in [0.25, 0.3) is 0 Å². The molecule has 0 radical (unpaired) electrons. The van der Waals surface area contributed by atoms with E-state index in [4.69, 9.17) is 16.3 Å². The third kappa shape index (κ3) is 5.74. The molecule has 2 aromatic rings. The molecular weight excluding hydrogens is 358 g/mol. The molecule has 0 saturated heterocycles. The van der Waals surface area contributed by atoms with Crippen LogP contribution in [0.3, 0.4) is 0 Å². The summed E-state index contributed by atoms with van der Waals surface area (Å²) in [6.07, 6.45) is 2.34. The van der Waals surface area contributed by atoms with E-state index in [0.29, 0.717) is 30.6 Å². The second kappa shape index (κ2) is 8.60. The molecule has 0 amide bonds. The molecule has 1 heterocycles. The van der Waals surface area contributed by atoms with Crippen LogP contribution in [0.1, 0.15) is 11.3 Å². The van der Waals surface area contributed by atoms with Gasteiger partial charge in [-0.1, -0.05) is 11.6 Å². The topological polar surface area (TPSA) is 80.3 Å². The van der Waals surface area contributed by atoms with Gasteiger partial charge in [0.2, 0.25) is 10.0 Å². The van der Waals surface area contributed by atoms with E-state index in [1.54, 1.807) is 37.6 Å². The molecule has 0 fully saturated rings. The summed E-state index contributed by atoms with van der Waals surface area (Å²) in [5.74, 6) is 0. The number of nitrogens with one attached hydrogen (secondary N) is 2. The number of aromatic nitrogens is 1. The number of thiazole rings is 1. The summed E-state index contributed by atoms with van der Waals surface area (Å²) in [5.41, 5.74) is 0.827. The molecule has 9 heteroatoms. The van der Waals surface area contributed by atoms with Gasteiger partial charge >= 0.3 is 0 Å². The van der Waals surface area contributed by atoms with Crippen LogP contribution in [0.5, 0.6) is 0 Å². The van der Waals surface area contributed by atoms with Crippen LogP contribution in [0.2, 0.25) is 4.47 Å². The largest absolute Gasteiger partial charge is 0.385 e. The number of sulfonamides is 1. The van der Waals surface area contributed by atoms with E-state index in [2.05, 4.69) is 15.0 Å². The molecular formula is C14H18ClN3O3S2. The monoisotopic (exact) mass is 375 g/mol. The first-order chi connectivity index (χ1) is 11.0. The number of hydrogen-bond donors (Lipinski definition) is 2. The fraction of sp³-hybridized carbons (Fsp3) is 0.357. The zero-order chi connectivity index (χ0) is 16.7. The fourth-order valence-electron chi connectivity index (χ4n) is 1.81. The van der Waals surface area contributed by atoms with Crippen molar-refractivity contribution in [2.24, 2.45) is 0 Å². The number of benzene rings is 1.